The number of hydrogen-bond acceptors (Lipinski definition) is 4. The van der Waals surface area contributed by atoms with E-state index >= 15 is 0 Å². The number of amides is 2. The van der Waals surface area contributed by atoms with Crippen LogP contribution in [0.1, 0.15) is 21.5 Å². The SMILES string of the molecule is O=C(CN1C(=O)c2cccc3cccc1c23)N/N=C/c1ccc(OCc2cccc3ccccc23)cc1. The number of ether oxygens (including phenoxy) is 1. The fourth-order valence-corrected chi connectivity index (χ4v) is 4.72. The van der Waals surface area contributed by atoms with Gasteiger partial charge >= 0.3 is 0 Å². The Morgan fingerprint density at radius 3 is 2.43 bits per heavy atom. The number of hydrazone groups is 1. The largest absolute Gasteiger partial charge is 0.489 e. The van der Waals surface area contributed by atoms with E-state index < -0.39 is 0 Å². The quantitative estimate of drug-likeness (QED) is 0.238. The van der Waals surface area contributed by atoms with Crippen LogP contribution in [0.2, 0.25) is 0 Å². The molecule has 6 nitrogen and oxygen atoms in total. The van der Waals surface area contributed by atoms with Crippen molar-refractivity contribution >= 4 is 45.3 Å². The minimum absolute atomic E-state index is 0.106. The number of carbonyl (C=O) groups excluding carboxylic acids is 2. The maximum atomic E-state index is 12.8. The summed E-state index contributed by atoms with van der Waals surface area (Å²) in [6.45, 7) is 0.364. The van der Waals surface area contributed by atoms with Gasteiger partial charge in [-0.3, -0.25) is 14.5 Å². The van der Waals surface area contributed by atoms with Crippen LogP contribution in [0.5, 0.6) is 5.75 Å². The van der Waals surface area contributed by atoms with Crippen LogP contribution in [-0.2, 0) is 11.4 Å². The normalized spacial score (nSPS) is 12.5. The lowest BCUT2D eigenvalue weighted by Gasteiger charge is -2.16. The van der Waals surface area contributed by atoms with Gasteiger partial charge in [-0.25, -0.2) is 5.43 Å². The van der Waals surface area contributed by atoms with E-state index in [2.05, 4.69) is 34.8 Å². The first kappa shape index (κ1) is 22.5. The molecule has 0 fully saturated rings. The fourth-order valence-electron chi connectivity index (χ4n) is 4.72. The summed E-state index contributed by atoms with van der Waals surface area (Å²) < 4.78 is 5.98. The summed E-state index contributed by atoms with van der Waals surface area (Å²) >= 11 is 0. The number of hydrogen-bond donors (Lipinski definition) is 1. The third kappa shape index (κ3) is 4.41. The van der Waals surface area contributed by atoms with Gasteiger partial charge in [-0.1, -0.05) is 66.7 Å². The monoisotopic (exact) mass is 485 g/mol. The van der Waals surface area contributed by atoms with E-state index in [-0.39, 0.29) is 18.4 Å². The van der Waals surface area contributed by atoms with Gasteiger partial charge in [-0.2, -0.15) is 5.10 Å². The van der Waals surface area contributed by atoms with Crippen molar-refractivity contribution < 1.29 is 14.3 Å². The minimum atomic E-state index is -0.371. The standard InChI is InChI=1S/C31H23N3O3/c35-29(19-34-28-13-5-9-23-8-4-12-27(30(23)28)31(34)36)33-32-18-21-14-16-25(17-15-21)37-20-24-10-3-7-22-6-1-2-11-26(22)24/h1-18H,19-20H2,(H,33,35)/b32-18+. The number of anilines is 1. The zero-order chi connectivity index (χ0) is 25.2. The van der Waals surface area contributed by atoms with Crippen molar-refractivity contribution in [3.05, 3.63) is 120 Å². The maximum Gasteiger partial charge on any atom is 0.260 e. The molecule has 0 atom stereocenters. The summed E-state index contributed by atoms with van der Waals surface area (Å²) in [6.07, 6.45) is 1.56. The third-order valence-electron chi connectivity index (χ3n) is 6.51. The maximum absolute atomic E-state index is 12.8. The minimum Gasteiger partial charge on any atom is -0.489 e. The highest BCUT2D eigenvalue weighted by atomic mass is 16.5. The van der Waals surface area contributed by atoms with Gasteiger partial charge < -0.3 is 4.74 Å². The molecule has 6 heteroatoms. The Hall–Kier alpha value is -4.97. The summed E-state index contributed by atoms with van der Waals surface area (Å²) in [5, 5.41) is 8.29. The van der Waals surface area contributed by atoms with Crippen LogP contribution < -0.4 is 15.1 Å². The average Bonchev–Trinajstić information content (AvgIpc) is 3.20. The molecule has 2 amide bonds. The predicted octanol–water partition coefficient (Wildman–Crippen LogP) is 5.68. The molecular formula is C31H23N3O3. The first-order valence-corrected chi connectivity index (χ1v) is 12.0. The van der Waals surface area contributed by atoms with Gasteiger partial charge in [0, 0.05) is 10.9 Å². The molecule has 180 valence electrons. The second kappa shape index (κ2) is 9.59. The second-order valence-corrected chi connectivity index (χ2v) is 8.86. The third-order valence-corrected chi connectivity index (χ3v) is 6.51. The highest BCUT2D eigenvalue weighted by Gasteiger charge is 2.30. The number of rotatable bonds is 7. The second-order valence-electron chi connectivity index (χ2n) is 8.86. The van der Waals surface area contributed by atoms with E-state index in [4.69, 9.17) is 4.74 Å². The van der Waals surface area contributed by atoms with Crippen LogP contribution in [0.3, 0.4) is 0 Å². The molecule has 0 unspecified atom stereocenters. The number of carbonyl (C=O) groups is 2. The van der Waals surface area contributed by atoms with Crippen LogP contribution in [-0.4, -0.2) is 24.6 Å². The van der Waals surface area contributed by atoms with E-state index in [0.29, 0.717) is 12.2 Å². The van der Waals surface area contributed by atoms with Crippen LogP contribution in [0, 0.1) is 0 Å². The highest BCUT2D eigenvalue weighted by Crippen LogP contribution is 2.36. The summed E-state index contributed by atoms with van der Waals surface area (Å²) in [4.78, 5) is 26.9. The Morgan fingerprint density at radius 1 is 0.838 bits per heavy atom. The number of benzene rings is 5. The fraction of sp³-hybridized carbons (Fsp3) is 0.0645. The van der Waals surface area contributed by atoms with Gasteiger partial charge in [0.15, 0.2) is 0 Å². The zero-order valence-corrected chi connectivity index (χ0v) is 19.9. The molecule has 0 spiro atoms. The Kier molecular flexibility index (Phi) is 5.83. The lowest BCUT2D eigenvalue weighted by molar-refractivity contribution is -0.119. The molecule has 0 saturated carbocycles. The molecular weight excluding hydrogens is 462 g/mol. The van der Waals surface area contributed by atoms with E-state index in [1.807, 2.05) is 72.8 Å². The van der Waals surface area contributed by atoms with Crippen molar-refractivity contribution in [2.45, 2.75) is 6.61 Å². The average molecular weight is 486 g/mol. The molecule has 0 radical (unpaired) electrons. The molecule has 6 rings (SSSR count). The Balaban J connectivity index is 1.05. The van der Waals surface area contributed by atoms with Gasteiger partial charge in [-0.05, 0) is 63.7 Å². The van der Waals surface area contributed by atoms with Gasteiger partial charge in [-0.15, -0.1) is 0 Å². The first-order valence-electron chi connectivity index (χ1n) is 12.0. The molecule has 37 heavy (non-hydrogen) atoms. The molecule has 1 aliphatic heterocycles. The zero-order valence-electron chi connectivity index (χ0n) is 19.9. The highest BCUT2D eigenvalue weighted by molar-refractivity contribution is 6.26. The van der Waals surface area contributed by atoms with Crippen molar-refractivity contribution in [3.63, 3.8) is 0 Å². The van der Waals surface area contributed by atoms with Crippen molar-refractivity contribution in [2.75, 3.05) is 11.4 Å². The van der Waals surface area contributed by atoms with Gasteiger partial charge in [0.05, 0.1) is 11.9 Å². The van der Waals surface area contributed by atoms with Crippen LogP contribution in [0.15, 0.2) is 108 Å². The molecule has 5 aromatic carbocycles. The van der Waals surface area contributed by atoms with Crippen molar-refractivity contribution in [1.82, 2.24) is 5.43 Å². The summed E-state index contributed by atoms with van der Waals surface area (Å²) in [5.74, 6) is 0.199. The van der Waals surface area contributed by atoms with Crippen molar-refractivity contribution in [1.29, 1.82) is 0 Å². The van der Waals surface area contributed by atoms with E-state index in [1.165, 1.54) is 15.7 Å². The van der Waals surface area contributed by atoms with Crippen LogP contribution in [0.25, 0.3) is 21.5 Å². The molecule has 0 aliphatic carbocycles. The molecule has 1 aliphatic rings. The Morgan fingerprint density at radius 2 is 1.57 bits per heavy atom. The van der Waals surface area contributed by atoms with E-state index in [0.717, 1.165) is 33.3 Å². The lowest BCUT2D eigenvalue weighted by atomic mass is 10.1. The van der Waals surface area contributed by atoms with Gasteiger partial charge in [0.2, 0.25) is 0 Å². The summed E-state index contributed by atoms with van der Waals surface area (Å²) in [7, 11) is 0. The molecule has 1 N–H and O–H groups in total. The molecule has 0 aromatic heterocycles. The Labute approximate surface area is 213 Å². The topological polar surface area (TPSA) is 71.0 Å². The summed E-state index contributed by atoms with van der Waals surface area (Å²) in [5.41, 5.74) is 5.82. The van der Waals surface area contributed by atoms with Crippen molar-refractivity contribution in [2.24, 2.45) is 5.10 Å². The lowest BCUT2D eigenvalue weighted by Crippen LogP contribution is -2.37. The van der Waals surface area contributed by atoms with Gasteiger partial charge in [0.1, 0.15) is 18.9 Å². The van der Waals surface area contributed by atoms with E-state index in [9.17, 15) is 9.59 Å². The molecule has 5 aromatic rings. The summed E-state index contributed by atoms with van der Waals surface area (Å²) in [6, 6.07) is 33.2. The predicted molar refractivity (Wildman–Crippen MR) is 146 cm³/mol. The smallest absolute Gasteiger partial charge is 0.260 e. The van der Waals surface area contributed by atoms with Crippen LogP contribution in [0.4, 0.5) is 5.69 Å². The van der Waals surface area contributed by atoms with E-state index in [1.54, 1.807) is 12.3 Å². The molecule has 1 heterocycles. The number of nitrogens with zero attached hydrogens (tertiary/aromatic N) is 2. The van der Waals surface area contributed by atoms with Crippen LogP contribution >= 0.6 is 0 Å². The first-order chi connectivity index (χ1) is 18.2. The van der Waals surface area contributed by atoms with Crippen molar-refractivity contribution in [3.8, 4) is 5.75 Å². The number of nitrogens with one attached hydrogen (secondary N) is 1. The van der Waals surface area contributed by atoms with Gasteiger partial charge in [0.25, 0.3) is 11.8 Å². The Bertz CT molecular complexity index is 1660. The molecule has 0 saturated heterocycles. The number of fused-ring (bicyclic) bond motifs is 1. The molecule has 0 bridgehead atoms.